The van der Waals surface area contributed by atoms with Gasteiger partial charge in [-0.05, 0) is 50.6 Å². The van der Waals surface area contributed by atoms with E-state index in [0.29, 0.717) is 28.5 Å². The zero-order chi connectivity index (χ0) is 18.8. The fourth-order valence-corrected chi connectivity index (χ4v) is 2.96. The number of nitrogens with zero attached hydrogens (tertiary/aromatic N) is 2. The van der Waals surface area contributed by atoms with Gasteiger partial charge in [0.15, 0.2) is 0 Å². The van der Waals surface area contributed by atoms with Crippen molar-refractivity contribution in [3.63, 3.8) is 0 Å². The first-order valence-electron chi connectivity index (χ1n) is 8.31. The number of hydrogen-bond acceptors (Lipinski definition) is 6. The van der Waals surface area contributed by atoms with Gasteiger partial charge in [0.25, 0.3) is 0 Å². The number of aliphatic hydroxyl groups excluding tert-OH is 1. The van der Waals surface area contributed by atoms with Gasteiger partial charge < -0.3 is 19.0 Å². The first-order chi connectivity index (χ1) is 12.5. The van der Waals surface area contributed by atoms with Crippen LogP contribution in [0.25, 0.3) is 28.3 Å². The topological polar surface area (TPSA) is 77.6 Å². The van der Waals surface area contributed by atoms with Crippen LogP contribution in [-0.4, -0.2) is 35.6 Å². The van der Waals surface area contributed by atoms with Crippen molar-refractivity contribution in [3.05, 3.63) is 41.3 Å². The van der Waals surface area contributed by atoms with Crippen molar-refractivity contribution in [1.82, 2.24) is 10.2 Å². The quantitative estimate of drug-likeness (QED) is 0.748. The predicted octanol–water partition coefficient (Wildman–Crippen LogP) is 3.92. The molecule has 0 amide bonds. The predicted molar refractivity (Wildman–Crippen MR) is 101 cm³/mol. The normalized spacial score (nSPS) is 12.7. The number of aromatic nitrogens is 2. The molecule has 0 bridgehead atoms. The molecule has 6 nitrogen and oxygen atoms in total. The maximum Gasteiger partial charge on any atom is 0.147 e. The highest BCUT2D eigenvalue weighted by atomic mass is 16.5. The van der Waals surface area contributed by atoms with Crippen molar-refractivity contribution in [2.24, 2.45) is 0 Å². The van der Waals surface area contributed by atoms with E-state index in [1.165, 1.54) is 0 Å². The van der Waals surface area contributed by atoms with Crippen LogP contribution in [0.5, 0.6) is 11.5 Å². The van der Waals surface area contributed by atoms with Crippen molar-refractivity contribution >= 4 is 17.0 Å². The number of furan rings is 1. The summed E-state index contributed by atoms with van der Waals surface area (Å²) in [5.74, 6) is 2.74. The average molecular weight is 354 g/mol. The second-order valence-corrected chi connectivity index (χ2v) is 6.12. The van der Waals surface area contributed by atoms with Crippen LogP contribution in [0.3, 0.4) is 0 Å². The molecular formula is C20H22N2O4. The summed E-state index contributed by atoms with van der Waals surface area (Å²) in [7, 11) is 3.22. The Morgan fingerprint density at radius 2 is 1.92 bits per heavy atom. The minimum atomic E-state index is -0.604. The molecule has 1 unspecified atom stereocenters. The Morgan fingerprint density at radius 3 is 2.50 bits per heavy atom. The lowest BCUT2D eigenvalue weighted by atomic mass is 10.00. The van der Waals surface area contributed by atoms with E-state index in [1.807, 2.05) is 32.0 Å². The molecule has 0 radical (unpaired) electrons. The first kappa shape index (κ1) is 17.9. The minimum absolute atomic E-state index is 0.582. The fourth-order valence-electron chi connectivity index (χ4n) is 2.96. The van der Waals surface area contributed by atoms with Gasteiger partial charge in [0.2, 0.25) is 0 Å². The van der Waals surface area contributed by atoms with Crippen LogP contribution in [0, 0.1) is 13.8 Å². The molecule has 1 N–H and O–H groups in total. The second kappa shape index (κ2) is 7.17. The number of methoxy groups -OCH3 is 2. The molecule has 0 saturated heterocycles. The molecule has 2 aromatic heterocycles. The van der Waals surface area contributed by atoms with E-state index in [0.717, 1.165) is 22.3 Å². The number of ether oxygens (including phenoxy) is 2. The Balaban J connectivity index is 2.46. The number of aliphatic hydroxyl groups is 1. The number of benzene rings is 1. The fraction of sp³-hybridized carbons (Fsp3) is 0.300. The summed E-state index contributed by atoms with van der Waals surface area (Å²) in [4.78, 5) is 0. The summed E-state index contributed by atoms with van der Waals surface area (Å²) in [6.45, 7) is 5.51. The largest absolute Gasteiger partial charge is 0.496 e. The molecule has 1 aromatic carbocycles. The molecule has 0 saturated carbocycles. The van der Waals surface area contributed by atoms with Gasteiger partial charge in [0.1, 0.15) is 28.5 Å². The zero-order valence-electron chi connectivity index (χ0n) is 15.5. The molecule has 1 atom stereocenters. The molecule has 0 spiro atoms. The highest BCUT2D eigenvalue weighted by molar-refractivity contribution is 6.03. The lowest BCUT2D eigenvalue weighted by Gasteiger charge is -2.15. The summed E-state index contributed by atoms with van der Waals surface area (Å²) < 4.78 is 17.0. The van der Waals surface area contributed by atoms with Gasteiger partial charge in [-0.1, -0.05) is 6.08 Å². The molecule has 0 aliphatic heterocycles. The molecule has 3 rings (SSSR count). The van der Waals surface area contributed by atoms with Gasteiger partial charge in [-0.15, -0.1) is 10.2 Å². The Kier molecular flexibility index (Phi) is 4.95. The highest BCUT2D eigenvalue weighted by Crippen LogP contribution is 2.42. The Labute approximate surface area is 152 Å². The van der Waals surface area contributed by atoms with Gasteiger partial charge in [0, 0.05) is 0 Å². The molecule has 2 heterocycles. The molecule has 26 heavy (non-hydrogen) atoms. The van der Waals surface area contributed by atoms with Gasteiger partial charge in [-0.2, -0.15) is 0 Å². The first-order valence-corrected chi connectivity index (χ1v) is 8.31. The third-order valence-electron chi connectivity index (χ3n) is 4.11. The van der Waals surface area contributed by atoms with E-state index in [1.54, 1.807) is 33.3 Å². The SMILES string of the molecule is COc1cc(C)c(OC)c2c(-c3ccc(C)o3)c(/C=C/C(C)O)nnc12. The van der Waals surface area contributed by atoms with Crippen molar-refractivity contribution < 1.29 is 19.0 Å². The van der Waals surface area contributed by atoms with Gasteiger partial charge in [-0.3, -0.25) is 0 Å². The van der Waals surface area contributed by atoms with Gasteiger partial charge >= 0.3 is 0 Å². The summed E-state index contributed by atoms with van der Waals surface area (Å²) in [6.07, 6.45) is 2.78. The minimum Gasteiger partial charge on any atom is -0.496 e. The molecular weight excluding hydrogens is 332 g/mol. The second-order valence-electron chi connectivity index (χ2n) is 6.12. The van der Waals surface area contributed by atoms with Crippen LogP contribution in [-0.2, 0) is 0 Å². The maximum atomic E-state index is 9.62. The number of aryl methyl sites for hydroxylation is 2. The monoisotopic (exact) mass is 354 g/mol. The standard InChI is InChI=1S/C20H22N2O4/c1-11-10-16(24-4)19-18(20(11)25-5)17(15-9-7-13(3)26-15)14(21-22-19)8-6-12(2)23/h6-10,12,23H,1-5H3/b8-6+. The third-order valence-corrected chi connectivity index (χ3v) is 4.11. The average Bonchev–Trinajstić information content (AvgIpc) is 3.04. The highest BCUT2D eigenvalue weighted by Gasteiger charge is 2.22. The van der Waals surface area contributed by atoms with Crippen molar-refractivity contribution in [2.45, 2.75) is 26.9 Å². The summed E-state index contributed by atoms with van der Waals surface area (Å²) in [5, 5.41) is 19.1. The van der Waals surface area contributed by atoms with Crippen molar-refractivity contribution in [1.29, 1.82) is 0 Å². The van der Waals surface area contributed by atoms with Crippen LogP contribution in [0.2, 0.25) is 0 Å². The number of hydrogen-bond donors (Lipinski definition) is 1. The third kappa shape index (κ3) is 3.15. The van der Waals surface area contributed by atoms with Crippen LogP contribution in [0.15, 0.2) is 28.7 Å². The van der Waals surface area contributed by atoms with Gasteiger partial charge in [-0.25, -0.2) is 0 Å². The van der Waals surface area contributed by atoms with Crippen molar-refractivity contribution in [3.8, 4) is 22.8 Å². The van der Waals surface area contributed by atoms with E-state index >= 15 is 0 Å². The summed E-state index contributed by atoms with van der Waals surface area (Å²) >= 11 is 0. The number of rotatable bonds is 5. The Morgan fingerprint density at radius 1 is 1.15 bits per heavy atom. The molecule has 0 aliphatic carbocycles. The lowest BCUT2D eigenvalue weighted by molar-refractivity contribution is 0.245. The Bertz CT molecular complexity index is 974. The maximum absolute atomic E-state index is 9.62. The molecule has 136 valence electrons. The van der Waals surface area contributed by atoms with E-state index in [2.05, 4.69) is 10.2 Å². The van der Waals surface area contributed by atoms with Crippen LogP contribution in [0.1, 0.15) is 23.9 Å². The Hall–Kier alpha value is -2.86. The van der Waals surface area contributed by atoms with E-state index in [9.17, 15) is 5.11 Å². The number of fused-ring (bicyclic) bond motifs is 1. The van der Waals surface area contributed by atoms with E-state index in [-0.39, 0.29) is 0 Å². The molecule has 3 aromatic rings. The zero-order valence-corrected chi connectivity index (χ0v) is 15.5. The van der Waals surface area contributed by atoms with Crippen LogP contribution in [0.4, 0.5) is 0 Å². The smallest absolute Gasteiger partial charge is 0.147 e. The molecule has 6 heteroatoms. The van der Waals surface area contributed by atoms with Crippen molar-refractivity contribution in [2.75, 3.05) is 14.2 Å². The molecule has 0 aliphatic rings. The van der Waals surface area contributed by atoms with Crippen LogP contribution < -0.4 is 9.47 Å². The molecule has 0 fully saturated rings. The van der Waals surface area contributed by atoms with Crippen LogP contribution >= 0.6 is 0 Å². The van der Waals surface area contributed by atoms with Gasteiger partial charge in [0.05, 0.1) is 37.0 Å². The summed E-state index contributed by atoms with van der Waals surface area (Å²) in [5.41, 5.74) is 2.84. The van der Waals surface area contributed by atoms with E-state index < -0.39 is 6.10 Å². The summed E-state index contributed by atoms with van der Waals surface area (Å²) in [6, 6.07) is 5.65. The lowest BCUT2D eigenvalue weighted by Crippen LogP contribution is -2.01. The van der Waals surface area contributed by atoms with E-state index in [4.69, 9.17) is 13.9 Å².